The fourth-order valence-electron chi connectivity index (χ4n) is 11.4. The Morgan fingerprint density at radius 3 is 0.922 bits per heavy atom. The first-order chi connectivity index (χ1) is 38.0. The van der Waals surface area contributed by atoms with Gasteiger partial charge in [0.1, 0.15) is 0 Å². The van der Waals surface area contributed by atoms with Crippen LogP contribution in [0.15, 0.2) is 12.2 Å². The maximum absolute atomic E-state index is 12.5. The third-order valence-electron chi connectivity index (χ3n) is 16.8. The summed E-state index contributed by atoms with van der Waals surface area (Å²) in [5.41, 5.74) is 0. The molecule has 3 N–H and O–H groups in total. The highest BCUT2D eigenvalue weighted by Gasteiger charge is 2.20. The lowest BCUT2D eigenvalue weighted by Crippen LogP contribution is -2.45. The SMILES string of the molecule is CCCCCCCCCCCCCCCCCCC(=O)OCCCCCCCCCCCCCC/C=C\CCCCCCCCCCCCCCCC(=O)NC(CO)C(O)CCCCCCCCCCCCCCCCC. The van der Waals surface area contributed by atoms with Crippen LogP contribution in [0.5, 0.6) is 0 Å². The van der Waals surface area contributed by atoms with E-state index in [1.165, 1.54) is 334 Å². The number of ether oxygens (including phenoxy) is 1. The monoisotopic (exact) mass is 1090 g/mol. The van der Waals surface area contributed by atoms with Crippen molar-refractivity contribution in [2.75, 3.05) is 13.2 Å². The molecule has 6 heteroatoms. The first-order valence-electron chi connectivity index (χ1n) is 35.4. The zero-order chi connectivity index (χ0) is 55.7. The maximum Gasteiger partial charge on any atom is 0.305 e. The molecule has 0 bridgehead atoms. The third kappa shape index (κ3) is 63.6. The highest BCUT2D eigenvalue weighted by atomic mass is 16.5. The summed E-state index contributed by atoms with van der Waals surface area (Å²) in [6.45, 7) is 5.00. The van der Waals surface area contributed by atoms with Crippen molar-refractivity contribution in [3.63, 3.8) is 0 Å². The number of hydrogen-bond acceptors (Lipinski definition) is 5. The zero-order valence-corrected chi connectivity index (χ0v) is 52.5. The molecule has 0 rings (SSSR count). The van der Waals surface area contributed by atoms with Crippen LogP contribution in [0.3, 0.4) is 0 Å². The van der Waals surface area contributed by atoms with Crippen LogP contribution in [0, 0.1) is 0 Å². The molecule has 1 amide bonds. The van der Waals surface area contributed by atoms with Gasteiger partial charge in [-0.15, -0.1) is 0 Å². The van der Waals surface area contributed by atoms with Crippen molar-refractivity contribution < 1.29 is 24.5 Å². The van der Waals surface area contributed by atoms with E-state index in [-0.39, 0.29) is 18.5 Å². The molecule has 458 valence electrons. The first-order valence-corrected chi connectivity index (χ1v) is 35.4. The van der Waals surface area contributed by atoms with E-state index in [9.17, 15) is 19.8 Å². The van der Waals surface area contributed by atoms with Crippen molar-refractivity contribution in [2.45, 2.75) is 418 Å². The number of aliphatic hydroxyl groups excluding tert-OH is 2. The van der Waals surface area contributed by atoms with Gasteiger partial charge in [-0.05, 0) is 51.4 Å². The van der Waals surface area contributed by atoms with Crippen LogP contribution < -0.4 is 5.32 Å². The van der Waals surface area contributed by atoms with Crippen molar-refractivity contribution in [1.29, 1.82) is 0 Å². The summed E-state index contributed by atoms with van der Waals surface area (Å²) in [5, 5.41) is 23.3. The van der Waals surface area contributed by atoms with Gasteiger partial charge >= 0.3 is 5.97 Å². The molecule has 0 aliphatic carbocycles. The maximum atomic E-state index is 12.5. The fourth-order valence-corrected chi connectivity index (χ4v) is 11.4. The summed E-state index contributed by atoms with van der Waals surface area (Å²) in [4.78, 5) is 24.6. The van der Waals surface area contributed by atoms with E-state index < -0.39 is 12.1 Å². The molecule has 0 aromatic carbocycles. The Morgan fingerprint density at radius 2 is 0.610 bits per heavy atom. The predicted octanol–water partition coefficient (Wildman–Crippen LogP) is 22.8. The standard InChI is InChI=1S/C71H139NO5/c1-3-5-7-9-11-13-15-17-19-37-41-45-49-53-57-61-65-71(76)77-66-62-58-54-50-46-42-38-34-32-30-28-26-24-22-20-21-23-25-27-29-31-33-36-40-44-48-52-56-60-64-70(75)72-68(67-73)69(74)63-59-55-51-47-43-39-35-18-16-14-12-10-8-6-4-2/h20,22,68-69,73-74H,3-19,21,23-67H2,1-2H3,(H,72,75)/b22-20-. The molecule has 6 nitrogen and oxygen atoms in total. The van der Waals surface area contributed by atoms with E-state index in [0.29, 0.717) is 25.9 Å². The molecule has 0 aromatic rings. The minimum Gasteiger partial charge on any atom is -0.466 e. The van der Waals surface area contributed by atoms with Crippen LogP contribution in [-0.4, -0.2) is 47.4 Å². The van der Waals surface area contributed by atoms with Gasteiger partial charge in [-0.1, -0.05) is 353 Å². The molecular formula is C71H139NO5. The van der Waals surface area contributed by atoms with Crippen LogP contribution in [0.4, 0.5) is 0 Å². The van der Waals surface area contributed by atoms with E-state index >= 15 is 0 Å². The van der Waals surface area contributed by atoms with Gasteiger partial charge in [-0.25, -0.2) is 0 Å². The molecule has 0 spiro atoms. The molecule has 2 unspecified atom stereocenters. The van der Waals surface area contributed by atoms with Gasteiger partial charge in [-0.3, -0.25) is 9.59 Å². The van der Waals surface area contributed by atoms with Gasteiger partial charge in [0, 0.05) is 12.8 Å². The van der Waals surface area contributed by atoms with Crippen LogP contribution in [0.2, 0.25) is 0 Å². The quantitative estimate of drug-likeness (QED) is 0.0320. The van der Waals surface area contributed by atoms with Crippen molar-refractivity contribution in [3.05, 3.63) is 12.2 Å². The van der Waals surface area contributed by atoms with Gasteiger partial charge in [0.2, 0.25) is 5.91 Å². The van der Waals surface area contributed by atoms with Crippen LogP contribution in [0.1, 0.15) is 406 Å². The average molecular weight is 1090 g/mol. The normalized spacial score (nSPS) is 12.5. The highest BCUT2D eigenvalue weighted by Crippen LogP contribution is 2.19. The zero-order valence-electron chi connectivity index (χ0n) is 52.5. The number of esters is 1. The molecular weight excluding hydrogens is 947 g/mol. The number of allylic oxidation sites excluding steroid dienone is 2. The number of nitrogens with one attached hydrogen (secondary N) is 1. The van der Waals surface area contributed by atoms with E-state index in [1.54, 1.807) is 0 Å². The summed E-state index contributed by atoms with van der Waals surface area (Å²) in [6, 6.07) is -0.540. The summed E-state index contributed by atoms with van der Waals surface area (Å²) in [5.74, 6) is -0.00992. The molecule has 77 heavy (non-hydrogen) atoms. The molecule has 0 aromatic heterocycles. The molecule has 0 radical (unpaired) electrons. The number of carbonyl (C=O) groups excluding carboxylic acids is 2. The second kappa shape index (κ2) is 67.1. The van der Waals surface area contributed by atoms with Crippen molar-refractivity contribution in [2.24, 2.45) is 0 Å². The van der Waals surface area contributed by atoms with Crippen molar-refractivity contribution >= 4 is 11.9 Å². The van der Waals surface area contributed by atoms with E-state index in [1.807, 2.05) is 0 Å². The van der Waals surface area contributed by atoms with Crippen molar-refractivity contribution in [1.82, 2.24) is 5.32 Å². The smallest absolute Gasteiger partial charge is 0.305 e. The number of unbranched alkanes of at least 4 members (excludes halogenated alkanes) is 54. The molecule has 0 fully saturated rings. The molecule has 0 aliphatic heterocycles. The Kier molecular flexibility index (Phi) is 65.9. The minimum absolute atomic E-state index is 0.0209. The van der Waals surface area contributed by atoms with Gasteiger partial charge in [0.05, 0.1) is 25.4 Å². The predicted molar refractivity (Wildman–Crippen MR) is 338 cm³/mol. The Labute approximate surface area is 482 Å². The minimum atomic E-state index is -0.663. The lowest BCUT2D eigenvalue weighted by atomic mass is 10.0. The van der Waals surface area contributed by atoms with E-state index in [4.69, 9.17) is 4.74 Å². The molecule has 0 aliphatic rings. The molecule has 0 heterocycles. The van der Waals surface area contributed by atoms with E-state index in [0.717, 1.165) is 38.5 Å². The number of rotatable bonds is 67. The number of aliphatic hydroxyl groups is 2. The summed E-state index contributed by atoms with van der Waals surface area (Å²) < 4.78 is 5.50. The van der Waals surface area contributed by atoms with Gasteiger partial charge in [0.15, 0.2) is 0 Å². The Bertz CT molecular complexity index is 1160. The average Bonchev–Trinajstić information content (AvgIpc) is 3.43. The molecule has 2 atom stereocenters. The topological polar surface area (TPSA) is 95.9 Å². The van der Waals surface area contributed by atoms with Crippen LogP contribution in [-0.2, 0) is 14.3 Å². The van der Waals surface area contributed by atoms with Gasteiger partial charge in [-0.2, -0.15) is 0 Å². The first kappa shape index (κ1) is 75.6. The largest absolute Gasteiger partial charge is 0.466 e. The number of carbonyl (C=O) groups is 2. The third-order valence-corrected chi connectivity index (χ3v) is 16.8. The highest BCUT2D eigenvalue weighted by molar-refractivity contribution is 5.76. The fraction of sp³-hybridized carbons (Fsp3) is 0.944. The van der Waals surface area contributed by atoms with Gasteiger partial charge in [0.25, 0.3) is 0 Å². The Morgan fingerprint density at radius 1 is 0.351 bits per heavy atom. The second-order valence-electron chi connectivity index (χ2n) is 24.6. The second-order valence-corrected chi connectivity index (χ2v) is 24.6. The van der Waals surface area contributed by atoms with Crippen LogP contribution in [0.25, 0.3) is 0 Å². The van der Waals surface area contributed by atoms with Crippen molar-refractivity contribution in [3.8, 4) is 0 Å². The lowest BCUT2D eigenvalue weighted by molar-refractivity contribution is -0.143. The van der Waals surface area contributed by atoms with E-state index in [2.05, 4.69) is 31.3 Å². The molecule has 0 saturated carbocycles. The summed E-state index contributed by atoms with van der Waals surface area (Å²) in [7, 11) is 0. The number of amides is 1. The van der Waals surface area contributed by atoms with Gasteiger partial charge < -0.3 is 20.3 Å². The summed E-state index contributed by atoms with van der Waals surface area (Å²) >= 11 is 0. The van der Waals surface area contributed by atoms with Crippen LogP contribution >= 0.6 is 0 Å². The Balaban J connectivity index is 3.34. The Hall–Kier alpha value is -1.40. The number of hydrogen-bond donors (Lipinski definition) is 3. The lowest BCUT2D eigenvalue weighted by Gasteiger charge is -2.22. The molecule has 0 saturated heterocycles. The summed E-state index contributed by atoms with van der Waals surface area (Å²) in [6.07, 6.45) is 82.6.